The van der Waals surface area contributed by atoms with Gasteiger partial charge in [-0.3, -0.25) is 0 Å². The minimum atomic E-state index is -1.31. The van der Waals surface area contributed by atoms with Crippen LogP contribution in [0.25, 0.3) is 0 Å². The molecule has 0 heterocycles. The van der Waals surface area contributed by atoms with Crippen molar-refractivity contribution < 1.29 is 19.0 Å². The van der Waals surface area contributed by atoms with Crippen molar-refractivity contribution in [2.45, 2.75) is 12.5 Å². The van der Waals surface area contributed by atoms with Crippen LogP contribution in [0.3, 0.4) is 0 Å². The zero-order valence-corrected chi connectivity index (χ0v) is 9.37. The van der Waals surface area contributed by atoms with Gasteiger partial charge in [0.25, 0.3) is 0 Å². The lowest BCUT2D eigenvalue weighted by atomic mass is 9.92. The number of benzene rings is 1. The van der Waals surface area contributed by atoms with Gasteiger partial charge < -0.3 is 15.2 Å². The summed E-state index contributed by atoms with van der Waals surface area (Å²) in [6, 6.07) is 4.08. The SMILES string of the molecule is CNC(C)(C(=O)O)c1ccc(OC)c(F)c1. The molecule has 0 aliphatic rings. The van der Waals surface area contributed by atoms with Crippen LogP contribution in [0.1, 0.15) is 12.5 Å². The van der Waals surface area contributed by atoms with Crippen LogP contribution in [-0.4, -0.2) is 25.2 Å². The summed E-state index contributed by atoms with van der Waals surface area (Å²) in [5, 5.41) is 11.7. The molecule has 0 aliphatic heterocycles. The Morgan fingerprint density at radius 3 is 2.56 bits per heavy atom. The van der Waals surface area contributed by atoms with E-state index in [2.05, 4.69) is 5.32 Å². The van der Waals surface area contributed by atoms with E-state index in [0.29, 0.717) is 5.56 Å². The Labute approximate surface area is 93.0 Å². The number of carboxylic acids is 1. The highest BCUT2D eigenvalue weighted by atomic mass is 19.1. The van der Waals surface area contributed by atoms with Crippen LogP contribution >= 0.6 is 0 Å². The second-order valence-electron chi connectivity index (χ2n) is 3.53. The molecule has 4 nitrogen and oxygen atoms in total. The molecule has 0 amide bonds. The molecule has 1 aromatic carbocycles. The minimum Gasteiger partial charge on any atom is -0.494 e. The van der Waals surface area contributed by atoms with E-state index in [1.165, 1.54) is 33.2 Å². The fraction of sp³-hybridized carbons (Fsp3) is 0.364. The van der Waals surface area contributed by atoms with E-state index in [1.54, 1.807) is 0 Å². The molecule has 0 aromatic heterocycles. The molecule has 16 heavy (non-hydrogen) atoms. The Kier molecular flexibility index (Phi) is 3.49. The molecule has 0 spiro atoms. The number of nitrogens with one attached hydrogen (secondary N) is 1. The average Bonchev–Trinajstić information content (AvgIpc) is 2.27. The normalized spacial score (nSPS) is 14.2. The van der Waals surface area contributed by atoms with E-state index in [4.69, 9.17) is 9.84 Å². The number of rotatable bonds is 4. The van der Waals surface area contributed by atoms with Gasteiger partial charge in [0.1, 0.15) is 5.54 Å². The van der Waals surface area contributed by atoms with Gasteiger partial charge in [0.15, 0.2) is 11.6 Å². The van der Waals surface area contributed by atoms with Gasteiger partial charge in [0, 0.05) is 0 Å². The number of likely N-dealkylation sites (N-methyl/N-ethyl adjacent to an activating group) is 1. The highest BCUT2D eigenvalue weighted by Crippen LogP contribution is 2.25. The van der Waals surface area contributed by atoms with Crippen LogP contribution in [0.2, 0.25) is 0 Å². The molecule has 0 aliphatic carbocycles. The van der Waals surface area contributed by atoms with Crippen LogP contribution in [0.4, 0.5) is 4.39 Å². The number of methoxy groups -OCH3 is 1. The molecule has 0 saturated carbocycles. The molecular weight excluding hydrogens is 213 g/mol. The number of hydrogen-bond acceptors (Lipinski definition) is 3. The Hall–Kier alpha value is -1.62. The summed E-state index contributed by atoms with van der Waals surface area (Å²) in [5.74, 6) is -1.56. The van der Waals surface area contributed by atoms with Gasteiger partial charge in [-0.15, -0.1) is 0 Å². The molecule has 1 atom stereocenters. The van der Waals surface area contributed by atoms with Crippen LogP contribution in [0.5, 0.6) is 5.75 Å². The van der Waals surface area contributed by atoms with Crippen molar-refractivity contribution in [3.8, 4) is 5.75 Å². The third-order valence-corrected chi connectivity index (χ3v) is 2.66. The van der Waals surface area contributed by atoms with E-state index < -0.39 is 17.3 Å². The molecule has 0 fully saturated rings. The van der Waals surface area contributed by atoms with Gasteiger partial charge in [-0.2, -0.15) is 0 Å². The highest BCUT2D eigenvalue weighted by molar-refractivity contribution is 5.80. The van der Waals surface area contributed by atoms with Crippen molar-refractivity contribution >= 4 is 5.97 Å². The van der Waals surface area contributed by atoms with Crippen molar-refractivity contribution in [3.63, 3.8) is 0 Å². The maximum absolute atomic E-state index is 13.4. The van der Waals surface area contributed by atoms with Crippen molar-refractivity contribution in [2.24, 2.45) is 0 Å². The zero-order valence-electron chi connectivity index (χ0n) is 9.37. The van der Waals surface area contributed by atoms with Crippen LogP contribution < -0.4 is 10.1 Å². The molecule has 5 heteroatoms. The molecule has 0 saturated heterocycles. The van der Waals surface area contributed by atoms with Crippen molar-refractivity contribution in [1.82, 2.24) is 5.32 Å². The largest absolute Gasteiger partial charge is 0.494 e. The van der Waals surface area contributed by atoms with E-state index >= 15 is 0 Å². The van der Waals surface area contributed by atoms with Crippen LogP contribution in [-0.2, 0) is 10.3 Å². The number of ether oxygens (including phenoxy) is 1. The molecule has 0 bridgehead atoms. The lowest BCUT2D eigenvalue weighted by molar-refractivity contribution is -0.144. The predicted molar refractivity (Wildman–Crippen MR) is 57.0 cm³/mol. The van der Waals surface area contributed by atoms with E-state index in [0.717, 1.165) is 6.07 Å². The second kappa shape index (κ2) is 4.49. The number of aliphatic carboxylic acids is 1. The monoisotopic (exact) mass is 227 g/mol. The number of carboxylic acid groups (broad SMARTS) is 1. The third-order valence-electron chi connectivity index (χ3n) is 2.66. The smallest absolute Gasteiger partial charge is 0.328 e. The van der Waals surface area contributed by atoms with Gasteiger partial charge in [-0.25, -0.2) is 9.18 Å². The molecule has 1 unspecified atom stereocenters. The summed E-state index contributed by atoms with van der Waals surface area (Å²) in [6.45, 7) is 1.47. The van der Waals surface area contributed by atoms with Crippen molar-refractivity contribution in [2.75, 3.05) is 14.2 Å². The van der Waals surface area contributed by atoms with Gasteiger partial charge in [0.05, 0.1) is 7.11 Å². The van der Waals surface area contributed by atoms with E-state index in [1.807, 2.05) is 0 Å². The van der Waals surface area contributed by atoms with E-state index in [-0.39, 0.29) is 5.75 Å². The van der Waals surface area contributed by atoms with Gasteiger partial charge in [0.2, 0.25) is 0 Å². The first-order valence-electron chi connectivity index (χ1n) is 4.72. The summed E-state index contributed by atoms with van der Waals surface area (Å²) in [4.78, 5) is 11.1. The maximum Gasteiger partial charge on any atom is 0.328 e. The van der Waals surface area contributed by atoms with Crippen molar-refractivity contribution in [3.05, 3.63) is 29.6 Å². The lowest BCUT2D eigenvalue weighted by Crippen LogP contribution is -2.44. The first-order chi connectivity index (χ1) is 7.45. The Balaban J connectivity index is 3.23. The van der Waals surface area contributed by atoms with Gasteiger partial charge >= 0.3 is 5.97 Å². The van der Waals surface area contributed by atoms with Crippen molar-refractivity contribution in [1.29, 1.82) is 0 Å². The topological polar surface area (TPSA) is 58.6 Å². The second-order valence-corrected chi connectivity index (χ2v) is 3.53. The fourth-order valence-electron chi connectivity index (χ4n) is 1.35. The zero-order chi connectivity index (χ0) is 12.3. The first kappa shape index (κ1) is 12.4. The first-order valence-corrected chi connectivity index (χ1v) is 4.72. The Morgan fingerprint density at radius 1 is 1.56 bits per heavy atom. The van der Waals surface area contributed by atoms with Gasteiger partial charge in [-0.1, -0.05) is 6.07 Å². The number of halogens is 1. The maximum atomic E-state index is 13.4. The minimum absolute atomic E-state index is 0.0904. The number of carbonyl (C=O) groups is 1. The summed E-state index contributed by atoms with van der Waals surface area (Å²) in [6.07, 6.45) is 0. The molecule has 0 radical (unpaired) electrons. The average molecular weight is 227 g/mol. The molecule has 2 N–H and O–H groups in total. The standard InChI is InChI=1S/C11H14FNO3/c1-11(13-2,10(14)15)7-4-5-9(16-3)8(12)6-7/h4-6,13H,1-3H3,(H,14,15). The molecule has 1 aromatic rings. The third kappa shape index (κ3) is 1.99. The highest BCUT2D eigenvalue weighted by Gasteiger charge is 2.33. The Morgan fingerprint density at radius 2 is 2.19 bits per heavy atom. The lowest BCUT2D eigenvalue weighted by Gasteiger charge is -2.24. The van der Waals surface area contributed by atoms with Gasteiger partial charge in [-0.05, 0) is 31.7 Å². The van der Waals surface area contributed by atoms with E-state index in [9.17, 15) is 9.18 Å². The molecule has 1 rings (SSSR count). The summed E-state index contributed by atoms with van der Waals surface area (Å²) in [7, 11) is 2.86. The van der Waals surface area contributed by atoms with Crippen LogP contribution in [0.15, 0.2) is 18.2 Å². The quantitative estimate of drug-likeness (QED) is 0.815. The number of hydrogen-bond donors (Lipinski definition) is 2. The van der Waals surface area contributed by atoms with Crippen LogP contribution in [0, 0.1) is 5.82 Å². The molecular formula is C11H14FNO3. The summed E-state index contributed by atoms with van der Waals surface area (Å²) < 4.78 is 18.2. The summed E-state index contributed by atoms with van der Waals surface area (Å²) >= 11 is 0. The fourth-order valence-corrected chi connectivity index (χ4v) is 1.35. The Bertz CT molecular complexity index is 408. The predicted octanol–water partition coefficient (Wildman–Crippen LogP) is 1.35. The summed E-state index contributed by atoms with van der Waals surface area (Å²) in [5.41, 5.74) is -0.978. The molecule has 88 valence electrons.